The van der Waals surface area contributed by atoms with E-state index in [4.69, 9.17) is 14.4 Å². The molecule has 2 heterocycles. The van der Waals surface area contributed by atoms with Crippen LogP contribution in [0.1, 0.15) is 22.9 Å². The normalized spacial score (nSPS) is 14.5. The summed E-state index contributed by atoms with van der Waals surface area (Å²) in [4.78, 5) is 10.7. The van der Waals surface area contributed by atoms with Crippen LogP contribution in [0.25, 0.3) is 65.7 Å². The van der Waals surface area contributed by atoms with Gasteiger partial charge in [0.05, 0.1) is 0 Å². The molecule has 0 bridgehead atoms. The molecular weight excluding hydrogens is 623 g/mol. The zero-order valence-electron chi connectivity index (χ0n) is 27.6. The molecule has 4 nitrogen and oxygen atoms in total. The number of para-hydroxylation sites is 1. The smallest absolute Gasteiger partial charge is 0.159 e. The van der Waals surface area contributed by atoms with Crippen molar-refractivity contribution in [3.63, 3.8) is 0 Å². The van der Waals surface area contributed by atoms with Crippen LogP contribution >= 0.6 is 0 Å². The Morgan fingerprint density at radius 2 is 1.16 bits per heavy atom. The van der Waals surface area contributed by atoms with Crippen LogP contribution in [0.2, 0.25) is 0 Å². The molecular formula is C47H31N3O. The number of nitrogens with zero attached hydrogens (tertiary/aromatic N) is 2. The molecule has 0 amide bonds. The number of aliphatic imine (C=N–C) groups is 2. The monoisotopic (exact) mass is 653 g/mol. The summed E-state index contributed by atoms with van der Waals surface area (Å²) in [5, 5.41) is 10.6. The number of nitrogens with one attached hydrogen (secondary N) is 1. The Bertz CT molecular complexity index is 2840. The molecule has 0 spiro atoms. The van der Waals surface area contributed by atoms with Crippen molar-refractivity contribution in [2.45, 2.75) is 6.17 Å². The van der Waals surface area contributed by atoms with Gasteiger partial charge in [0.15, 0.2) is 5.84 Å². The summed E-state index contributed by atoms with van der Waals surface area (Å²) in [6, 6.07) is 61.7. The minimum atomic E-state index is -0.406. The van der Waals surface area contributed by atoms with Gasteiger partial charge in [0, 0.05) is 27.5 Å². The van der Waals surface area contributed by atoms with Gasteiger partial charge in [0.2, 0.25) is 0 Å². The van der Waals surface area contributed by atoms with Crippen molar-refractivity contribution in [3.8, 4) is 22.3 Å². The summed E-state index contributed by atoms with van der Waals surface area (Å²) in [6.45, 7) is 0. The summed E-state index contributed by atoms with van der Waals surface area (Å²) in [5.41, 5.74) is 9.33. The number of hydrogen-bond acceptors (Lipinski definition) is 4. The van der Waals surface area contributed by atoms with Gasteiger partial charge in [-0.15, -0.1) is 0 Å². The fourth-order valence-electron chi connectivity index (χ4n) is 7.49. The lowest BCUT2D eigenvalue weighted by atomic mass is 9.91. The van der Waals surface area contributed by atoms with Gasteiger partial charge >= 0.3 is 0 Å². The van der Waals surface area contributed by atoms with E-state index >= 15 is 0 Å². The predicted molar refractivity (Wildman–Crippen MR) is 211 cm³/mol. The maximum atomic E-state index is 6.30. The highest BCUT2D eigenvalue weighted by molar-refractivity contribution is 6.18. The lowest BCUT2D eigenvalue weighted by Crippen LogP contribution is -2.33. The number of amidine groups is 2. The molecule has 4 heteroatoms. The van der Waals surface area contributed by atoms with Gasteiger partial charge in [-0.25, -0.2) is 9.98 Å². The maximum absolute atomic E-state index is 6.30. The molecule has 1 aliphatic rings. The molecule has 0 saturated heterocycles. The third-order valence-electron chi connectivity index (χ3n) is 9.94. The number of hydrogen-bond donors (Lipinski definition) is 1. The van der Waals surface area contributed by atoms with Gasteiger partial charge in [0.1, 0.15) is 23.2 Å². The van der Waals surface area contributed by atoms with Gasteiger partial charge in [0.25, 0.3) is 0 Å². The average molecular weight is 654 g/mol. The molecule has 8 aromatic carbocycles. The fraction of sp³-hybridized carbons (Fsp3) is 0.0213. The Morgan fingerprint density at radius 1 is 0.451 bits per heavy atom. The second kappa shape index (κ2) is 12.0. The van der Waals surface area contributed by atoms with Crippen molar-refractivity contribution >= 4 is 55.2 Å². The van der Waals surface area contributed by atoms with Crippen molar-refractivity contribution in [2.75, 3.05) is 0 Å². The topological polar surface area (TPSA) is 49.9 Å². The van der Waals surface area contributed by atoms with Crippen LogP contribution in [0.15, 0.2) is 190 Å². The molecule has 0 saturated carbocycles. The largest absolute Gasteiger partial charge is 0.456 e. The summed E-state index contributed by atoms with van der Waals surface area (Å²) in [5.74, 6) is 1.46. The quantitative estimate of drug-likeness (QED) is 0.201. The summed E-state index contributed by atoms with van der Waals surface area (Å²) in [7, 11) is 0. The molecule has 240 valence electrons. The van der Waals surface area contributed by atoms with Gasteiger partial charge in [-0.05, 0) is 68.1 Å². The van der Waals surface area contributed by atoms with Gasteiger partial charge < -0.3 is 9.73 Å². The van der Waals surface area contributed by atoms with Crippen LogP contribution in [0.5, 0.6) is 0 Å². The van der Waals surface area contributed by atoms with E-state index in [0.717, 1.165) is 71.9 Å². The number of rotatable bonds is 5. The fourth-order valence-corrected chi connectivity index (χ4v) is 7.49. The van der Waals surface area contributed by atoms with Crippen molar-refractivity contribution in [2.24, 2.45) is 9.98 Å². The minimum Gasteiger partial charge on any atom is -0.456 e. The molecule has 0 fully saturated rings. The Morgan fingerprint density at radius 3 is 2.06 bits per heavy atom. The van der Waals surface area contributed by atoms with Crippen LogP contribution in [0.4, 0.5) is 0 Å². The molecule has 1 aliphatic heterocycles. The van der Waals surface area contributed by atoms with E-state index in [-0.39, 0.29) is 0 Å². The molecule has 1 unspecified atom stereocenters. The highest BCUT2D eigenvalue weighted by Crippen LogP contribution is 2.38. The van der Waals surface area contributed by atoms with Crippen molar-refractivity contribution < 1.29 is 4.42 Å². The number of furan rings is 1. The Balaban J connectivity index is 1.18. The molecule has 1 N–H and O–H groups in total. The maximum Gasteiger partial charge on any atom is 0.159 e. The summed E-state index contributed by atoms with van der Waals surface area (Å²) >= 11 is 0. The zero-order chi connectivity index (χ0) is 33.7. The van der Waals surface area contributed by atoms with Gasteiger partial charge in [-0.3, -0.25) is 0 Å². The lowest BCUT2D eigenvalue weighted by Gasteiger charge is -2.25. The first-order valence-corrected chi connectivity index (χ1v) is 17.3. The molecule has 10 rings (SSSR count). The highest BCUT2D eigenvalue weighted by Gasteiger charge is 2.25. The Labute approximate surface area is 295 Å². The van der Waals surface area contributed by atoms with Crippen LogP contribution in [0.3, 0.4) is 0 Å². The molecule has 0 aliphatic carbocycles. The van der Waals surface area contributed by atoms with Crippen LogP contribution in [-0.2, 0) is 0 Å². The van der Waals surface area contributed by atoms with E-state index < -0.39 is 6.17 Å². The molecule has 1 atom stereocenters. The average Bonchev–Trinajstić information content (AvgIpc) is 3.59. The van der Waals surface area contributed by atoms with E-state index in [2.05, 4.69) is 157 Å². The van der Waals surface area contributed by atoms with Crippen LogP contribution < -0.4 is 5.32 Å². The van der Waals surface area contributed by atoms with Crippen LogP contribution in [-0.4, -0.2) is 11.7 Å². The lowest BCUT2D eigenvalue weighted by molar-refractivity contribution is 0.662. The standard InChI is InChI=1S/C47H31N3O/c1-2-13-32(14-3-1)41-29-35(26-27-37(41)34-25-24-30-12-4-5-16-33(30)28-34)45-48-46(38-20-10-17-31-15-6-7-18-36(31)38)50-47(49-45)40-21-11-23-43-44(40)39-19-8-9-22-42(39)51-43/h1-29,47H,(H,48,49,50). The number of benzene rings is 8. The highest BCUT2D eigenvalue weighted by atomic mass is 16.3. The first-order valence-electron chi connectivity index (χ1n) is 17.3. The van der Waals surface area contributed by atoms with Crippen molar-refractivity contribution in [1.29, 1.82) is 0 Å². The first-order chi connectivity index (χ1) is 25.3. The van der Waals surface area contributed by atoms with Gasteiger partial charge in [-0.2, -0.15) is 0 Å². The Hall–Kier alpha value is -6.78. The second-order valence-corrected chi connectivity index (χ2v) is 13.0. The third-order valence-corrected chi connectivity index (χ3v) is 9.94. The molecule has 0 radical (unpaired) electrons. The van der Waals surface area contributed by atoms with E-state index in [9.17, 15) is 0 Å². The minimum absolute atomic E-state index is 0.406. The van der Waals surface area contributed by atoms with E-state index in [0.29, 0.717) is 5.84 Å². The van der Waals surface area contributed by atoms with Crippen molar-refractivity contribution in [3.05, 3.63) is 193 Å². The van der Waals surface area contributed by atoms with E-state index in [1.54, 1.807) is 0 Å². The second-order valence-electron chi connectivity index (χ2n) is 13.0. The zero-order valence-corrected chi connectivity index (χ0v) is 27.6. The third kappa shape index (κ3) is 5.08. The van der Waals surface area contributed by atoms with Crippen molar-refractivity contribution in [1.82, 2.24) is 5.32 Å². The first kappa shape index (κ1) is 29.2. The summed E-state index contributed by atoms with van der Waals surface area (Å²) < 4.78 is 6.30. The van der Waals surface area contributed by atoms with Gasteiger partial charge in [-0.1, -0.05) is 152 Å². The number of fused-ring (bicyclic) bond motifs is 5. The SMILES string of the molecule is c1ccc(-c2cc(C3=NC(c4cccc5oc6ccccc6c45)NC(c4cccc5ccccc45)=N3)ccc2-c2ccc3ccccc3c2)cc1. The van der Waals surface area contributed by atoms with Crippen LogP contribution in [0, 0.1) is 0 Å². The predicted octanol–water partition coefficient (Wildman–Crippen LogP) is 11.7. The molecule has 9 aromatic rings. The summed E-state index contributed by atoms with van der Waals surface area (Å²) in [6.07, 6.45) is -0.406. The van der Waals surface area contributed by atoms with E-state index in [1.807, 2.05) is 24.3 Å². The molecule has 51 heavy (non-hydrogen) atoms. The molecule has 1 aromatic heterocycles. The Kier molecular flexibility index (Phi) is 6.85. The van der Waals surface area contributed by atoms with E-state index in [1.165, 1.54) is 16.3 Å².